The Labute approximate surface area is 244 Å². The number of aliphatic hydroxyl groups excluding tert-OH is 2. The molecule has 42 heavy (non-hydrogen) atoms. The average Bonchev–Trinajstić information content (AvgIpc) is 3.36. The summed E-state index contributed by atoms with van der Waals surface area (Å²) in [5.74, 6) is 1.82. The minimum absolute atomic E-state index is 0.261. The molecule has 2 aromatic carbocycles. The van der Waals surface area contributed by atoms with Crippen molar-refractivity contribution in [3.05, 3.63) is 54.7 Å². The number of aliphatic hydroxyl groups is 3. The second-order valence-corrected chi connectivity index (χ2v) is 10.6. The van der Waals surface area contributed by atoms with E-state index in [2.05, 4.69) is 30.9 Å². The molecule has 0 amide bonds. The van der Waals surface area contributed by atoms with E-state index in [1.54, 1.807) is 10.9 Å². The third-order valence-electron chi connectivity index (χ3n) is 5.88. The van der Waals surface area contributed by atoms with E-state index in [-0.39, 0.29) is 6.42 Å². The number of hydrogen-bond acceptors (Lipinski definition) is 12. The number of nitrogens with zero attached hydrogens (tertiary/aromatic N) is 5. The number of fused-ring (bicyclic) bond motifs is 1. The molecule has 0 saturated heterocycles. The molecule has 2 heterocycles. The summed E-state index contributed by atoms with van der Waals surface area (Å²) in [5.41, 5.74) is 2.25. The highest BCUT2D eigenvalue weighted by Gasteiger charge is 2.15. The van der Waals surface area contributed by atoms with E-state index >= 15 is 0 Å². The van der Waals surface area contributed by atoms with E-state index < -0.39 is 18.3 Å². The number of nitrogens with one attached hydrogen (secondary N) is 2. The SMILES string of the molecule is CC(C)(C)OC(O)NCCCCOc1ccc(Nc2ncc3nnn(-c4ccc(OCCCC(O)O)cc4)c3n2)cc1. The summed E-state index contributed by atoms with van der Waals surface area (Å²) in [5, 5.41) is 42.2. The second-order valence-electron chi connectivity index (χ2n) is 10.6. The number of rotatable bonds is 16. The van der Waals surface area contributed by atoms with Gasteiger partial charge in [-0.15, -0.1) is 5.10 Å². The lowest BCUT2D eigenvalue weighted by atomic mass is 10.2. The third kappa shape index (κ3) is 9.89. The van der Waals surface area contributed by atoms with Gasteiger partial charge >= 0.3 is 0 Å². The van der Waals surface area contributed by atoms with Gasteiger partial charge in [0.2, 0.25) is 12.4 Å². The minimum Gasteiger partial charge on any atom is -0.494 e. The van der Waals surface area contributed by atoms with Crippen LogP contribution in [0.3, 0.4) is 0 Å². The molecule has 13 nitrogen and oxygen atoms in total. The monoisotopic (exact) mass is 581 g/mol. The number of benzene rings is 2. The van der Waals surface area contributed by atoms with Gasteiger partial charge in [0.1, 0.15) is 11.5 Å². The van der Waals surface area contributed by atoms with Crippen LogP contribution in [0.2, 0.25) is 0 Å². The Morgan fingerprint density at radius 3 is 2.21 bits per heavy atom. The van der Waals surface area contributed by atoms with Crippen LogP contribution in [-0.4, -0.2) is 78.3 Å². The zero-order valence-electron chi connectivity index (χ0n) is 24.1. The summed E-state index contributed by atoms with van der Waals surface area (Å²) in [4.78, 5) is 8.96. The van der Waals surface area contributed by atoms with Gasteiger partial charge in [-0.1, -0.05) is 5.21 Å². The standard InChI is InChI=1S/C29H39N7O6/c1-29(2,3)42-28(39)30-16-4-5-17-40-22-12-8-20(9-13-22)32-27-31-19-24-26(33-27)36(35-34-24)21-10-14-23(15-11-21)41-18-6-7-25(37)38/h8-15,19,25,28,30,37-39H,4-7,16-18H2,1-3H3,(H,31,32,33). The van der Waals surface area contributed by atoms with Crippen LogP contribution in [0.15, 0.2) is 54.7 Å². The van der Waals surface area contributed by atoms with Crippen LogP contribution in [-0.2, 0) is 4.74 Å². The normalized spacial score (nSPS) is 12.5. The first-order valence-electron chi connectivity index (χ1n) is 13.9. The maximum Gasteiger partial charge on any atom is 0.229 e. The quantitative estimate of drug-likeness (QED) is 0.0968. The number of aromatic nitrogens is 5. The van der Waals surface area contributed by atoms with Crippen molar-refractivity contribution < 1.29 is 29.5 Å². The fraction of sp³-hybridized carbons (Fsp3) is 0.448. The van der Waals surface area contributed by atoms with Gasteiger partial charge in [0.15, 0.2) is 17.5 Å². The summed E-state index contributed by atoms with van der Waals surface area (Å²) in [6.45, 7) is 7.24. The Morgan fingerprint density at radius 1 is 0.881 bits per heavy atom. The van der Waals surface area contributed by atoms with Crippen molar-refractivity contribution in [1.29, 1.82) is 0 Å². The van der Waals surface area contributed by atoms with Crippen molar-refractivity contribution in [3.63, 3.8) is 0 Å². The van der Waals surface area contributed by atoms with Gasteiger partial charge in [0.05, 0.1) is 30.7 Å². The molecule has 4 aromatic rings. The third-order valence-corrected chi connectivity index (χ3v) is 5.88. The highest BCUT2D eigenvalue weighted by molar-refractivity contribution is 5.72. The van der Waals surface area contributed by atoms with Gasteiger partial charge in [-0.25, -0.2) is 4.98 Å². The first-order valence-corrected chi connectivity index (χ1v) is 13.9. The van der Waals surface area contributed by atoms with Gasteiger partial charge in [-0.05, 0) is 95.1 Å². The van der Waals surface area contributed by atoms with Crippen LogP contribution in [0.4, 0.5) is 11.6 Å². The second kappa shape index (κ2) is 14.8. The summed E-state index contributed by atoms with van der Waals surface area (Å²) < 4.78 is 18.5. The molecule has 0 fully saturated rings. The zero-order valence-corrected chi connectivity index (χ0v) is 24.1. The molecule has 13 heteroatoms. The van der Waals surface area contributed by atoms with Crippen LogP contribution in [0.25, 0.3) is 16.9 Å². The van der Waals surface area contributed by atoms with Crippen LogP contribution < -0.4 is 20.1 Å². The van der Waals surface area contributed by atoms with Crippen LogP contribution in [0.1, 0.15) is 46.5 Å². The van der Waals surface area contributed by atoms with Crippen molar-refractivity contribution in [1.82, 2.24) is 30.3 Å². The molecule has 2 aromatic heterocycles. The van der Waals surface area contributed by atoms with E-state index in [0.29, 0.717) is 49.0 Å². The maximum absolute atomic E-state index is 9.81. The summed E-state index contributed by atoms with van der Waals surface area (Å²) in [7, 11) is 0. The Hall–Kier alpha value is -3.88. The molecule has 1 atom stereocenters. The van der Waals surface area contributed by atoms with Crippen LogP contribution >= 0.6 is 0 Å². The van der Waals surface area contributed by atoms with Crippen molar-refractivity contribution >= 4 is 22.8 Å². The van der Waals surface area contributed by atoms with E-state index in [1.165, 1.54) is 0 Å². The number of anilines is 2. The number of ether oxygens (including phenoxy) is 3. The zero-order chi connectivity index (χ0) is 30.0. The van der Waals surface area contributed by atoms with E-state index in [4.69, 9.17) is 24.4 Å². The highest BCUT2D eigenvalue weighted by Crippen LogP contribution is 2.22. The van der Waals surface area contributed by atoms with Crippen LogP contribution in [0.5, 0.6) is 11.5 Å². The summed E-state index contributed by atoms with van der Waals surface area (Å²) in [6, 6.07) is 14.8. The summed E-state index contributed by atoms with van der Waals surface area (Å²) in [6.07, 6.45) is 1.77. The predicted molar refractivity (Wildman–Crippen MR) is 157 cm³/mol. The number of unbranched alkanes of at least 4 members (excludes halogenated alkanes) is 1. The van der Waals surface area contributed by atoms with Gasteiger partial charge in [-0.3, -0.25) is 5.32 Å². The Bertz CT molecular complexity index is 1370. The predicted octanol–water partition coefficient (Wildman–Crippen LogP) is 3.26. The fourth-order valence-corrected chi connectivity index (χ4v) is 3.88. The molecule has 1 unspecified atom stereocenters. The molecule has 0 saturated carbocycles. The average molecular weight is 582 g/mol. The number of hydrogen-bond donors (Lipinski definition) is 5. The summed E-state index contributed by atoms with van der Waals surface area (Å²) >= 11 is 0. The van der Waals surface area contributed by atoms with Gasteiger partial charge < -0.3 is 34.8 Å². The minimum atomic E-state index is -1.32. The molecule has 0 aliphatic rings. The maximum atomic E-state index is 9.81. The molecule has 5 N–H and O–H groups in total. The first-order chi connectivity index (χ1) is 20.2. The molecule has 0 bridgehead atoms. The molecular weight excluding hydrogens is 542 g/mol. The van der Waals surface area contributed by atoms with Gasteiger partial charge in [0.25, 0.3) is 0 Å². The van der Waals surface area contributed by atoms with Crippen molar-refractivity contribution in [2.45, 2.75) is 64.8 Å². The molecule has 0 spiro atoms. The largest absolute Gasteiger partial charge is 0.494 e. The highest BCUT2D eigenvalue weighted by atomic mass is 16.6. The first kappa shape index (κ1) is 31.1. The van der Waals surface area contributed by atoms with E-state index in [0.717, 1.165) is 30.0 Å². The van der Waals surface area contributed by atoms with Crippen LogP contribution in [0, 0.1) is 0 Å². The molecule has 0 aliphatic carbocycles. The van der Waals surface area contributed by atoms with E-state index in [9.17, 15) is 5.11 Å². The Morgan fingerprint density at radius 2 is 1.55 bits per heavy atom. The molecular formula is C29H39N7O6. The Kier molecular flexibility index (Phi) is 11.0. The van der Waals surface area contributed by atoms with Crippen molar-refractivity contribution in [3.8, 4) is 17.2 Å². The van der Waals surface area contributed by atoms with Gasteiger partial charge in [-0.2, -0.15) is 9.67 Å². The molecule has 0 radical (unpaired) electrons. The molecule has 0 aliphatic heterocycles. The molecule has 226 valence electrons. The lowest BCUT2D eigenvalue weighted by Crippen LogP contribution is -2.38. The van der Waals surface area contributed by atoms with E-state index in [1.807, 2.05) is 69.3 Å². The topological polar surface area (TPSA) is 169 Å². The Balaban J connectivity index is 1.26. The lowest BCUT2D eigenvalue weighted by molar-refractivity contribution is -0.181. The fourth-order valence-electron chi connectivity index (χ4n) is 3.88. The van der Waals surface area contributed by atoms with Crippen molar-refractivity contribution in [2.75, 3.05) is 25.1 Å². The lowest BCUT2D eigenvalue weighted by Gasteiger charge is -2.24. The van der Waals surface area contributed by atoms with Crippen molar-refractivity contribution in [2.24, 2.45) is 0 Å². The smallest absolute Gasteiger partial charge is 0.229 e. The molecule has 4 rings (SSSR count). The van der Waals surface area contributed by atoms with Gasteiger partial charge in [0, 0.05) is 12.1 Å².